The summed E-state index contributed by atoms with van der Waals surface area (Å²) < 4.78 is 39.4. The summed E-state index contributed by atoms with van der Waals surface area (Å²) >= 11 is 0. The van der Waals surface area contributed by atoms with Gasteiger partial charge in [-0.3, -0.25) is 15.1 Å². The second-order valence-corrected chi connectivity index (χ2v) is 6.82. The van der Waals surface area contributed by atoms with Crippen LogP contribution in [0, 0.1) is 11.3 Å². The minimum absolute atomic E-state index is 0.0250. The van der Waals surface area contributed by atoms with Crippen molar-refractivity contribution in [2.45, 2.75) is 57.7 Å². The first-order valence-corrected chi connectivity index (χ1v) is 7.66. The zero-order chi connectivity index (χ0) is 16.8. The van der Waals surface area contributed by atoms with Gasteiger partial charge in [0, 0.05) is 25.6 Å². The fraction of sp³-hybridized carbons (Fsp3) is 0.867. The number of hydrogen-bond acceptors (Lipinski definition) is 2. The molecule has 2 saturated carbocycles. The maximum Gasteiger partial charge on any atom is 0.395 e. The average Bonchev–Trinajstić information content (AvgIpc) is 3.21. The van der Waals surface area contributed by atoms with Gasteiger partial charge in [-0.1, -0.05) is 6.92 Å². The van der Waals surface area contributed by atoms with Crippen LogP contribution < -0.4 is 5.32 Å². The van der Waals surface area contributed by atoms with Crippen molar-refractivity contribution in [3.63, 3.8) is 0 Å². The number of carbonyl (C=O) groups excluding carboxylic acids is 1. The van der Waals surface area contributed by atoms with E-state index >= 15 is 0 Å². The lowest BCUT2D eigenvalue weighted by molar-refractivity contribution is -0.202. The standard InChI is InChI=1S/C15H24F3N3O/c1-10(14(8-9-14)15(16,17)18)11(22)20-12(19-3)21(4)13(2)6-5-7-13/h10H,5-9H2,1-4H3,(H,19,20,22). The van der Waals surface area contributed by atoms with Crippen molar-refractivity contribution in [2.24, 2.45) is 16.3 Å². The molecule has 22 heavy (non-hydrogen) atoms. The van der Waals surface area contributed by atoms with Crippen LogP contribution in [0.15, 0.2) is 4.99 Å². The number of nitrogens with one attached hydrogen (secondary N) is 1. The molecule has 0 aromatic rings. The average molecular weight is 319 g/mol. The summed E-state index contributed by atoms with van der Waals surface area (Å²) in [5.74, 6) is -1.37. The lowest BCUT2D eigenvalue weighted by Gasteiger charge is -2.47. The molecule has 0 aromatic carbocycles. The molecule has 1 N–H and O–H groups in total. The number of rotatable bonds is 3. The molecule has 0 spiro atoms. The highest BCUT2D eigenvalue weighted by Gasteiger charge is 2.67. The van der Waals surface area contributed by atoms with Gasteiger partial charge in [-0.25, -0.2) is 0 Å². The van der Waals surface area contributed by atoms with E-state index in [2.05, 4.69) is 17.2 Å². The summed E-state index contributed by atoms with van der Waals surface area (Å²) in [5.41, 5.74) is -1.93. The van der Waals surface area contributed by atoms with E-state index in [4.69, 9.17) is 0 Å². The predicted molar refractivity (Wildman–Crippen MR) is 78.4 cm³/mol. The molecule has 126 valence electrons. The van der Waals surface area contributed by atoms with E-state index < -0.39 is 23.4 Å². The van der Waals surface area contributed by atoms with Crippen LogP contribution in [0.25, 0.3) is 0 Å². The van der Waals surface area contributed by atoms with Crippen LogP contribution in [0.3, 0.4) is 0 Å². The molecular weight excluding hydrogens is 295 g/mol. The fourth-order valence-corrected chi connectivity index (χ4v) is 3.14. The molecule has 2 aliphatic rings. The normalized spacial score (nSPS) is 24.2. The first-order valence-electron chi connectivity index (χ1n) is 7.66. The van der Waals surface area contributed by atoms with E-state index in [1.165, 1.54) is 14.0 Å². The zero-order valence-electron chi connectivity index (χ0n) is 13.5. The molecule has 1 atom stereocenters. The van der Waals surface area contributed by atoms with E-state index in [1.54, 1.807) is 0 Å². The van der Waals surface area contributed by atoms with Crippen LogP contribution >= 0.6 is 0 Å². The predicted octanol–water partition coefficient (Wildman–Crippen LogP) is 2.94. The number of aliphatic imine (C=N–C) groups is 1. The van der Waals surface area contributed by atoms with Gasteiger partial charge in [-0.15, -0.1) is 0 Å². The maximum atomic E-state index is 13.1. The highest BCUT2D eigenvalue weighted by molar-refractivity contribution is 5.98. The van der Waals surface area contributed by atoms with Gasteiger partial charge in [0.25, 0.3) is 0 Å². The molecule has 2 fully saturated rings. The molecule has 2 rings (SSSR count). The van der Waals surface area contributed by atoms with Crippen molar-refractivity contribution < 1.29 is 18.0 Å². The summed E-state index contributed by atoms with van der Waals surface area (Å²) in [6.45, 7) is 3.42. The van der Waals surface area contributed by atoms with Gasteiger partial charge in [-0.2, -0.15) is 13.2 Å². The fourth-order valence-electron chi connectivity index (χ4n) is 3.14. The maximum absolute atomic E-state index is 13.1. The van der Waals surface area contributed by atoms with Crippen molar-refractivity contribution in [3.8, 4) is 0 Å². The molecule has 7 heteroatoms. The van der Waals surface area contributed by atoms with Crippen molar-refractivity contribution >= 4 is 11.9 Å². The third kappa shape index (κ3) is 2.70. The summed E-state index contributed by atoms with van der Waals surface area (Å²) in [4.78, 5) is 18.2. The molecule has 1 amide bonds. The Morgan fingerprint density at radius 1 is 1.27 bits per heavy atom. The molecule has 0 saturated heterocycles. The van der Waals surface area contributed by atoms with Crippen molar-refractivity contribution in [1.82, 2.24) is 10.2 Å². The Hall–Kier alpha value is -1.27. The van der Waals surface area contributed by atoms with Crippen molar-refractivity contribution in [2.75, 3.05) is 14.1 Å². The molecular formula is C15H24F3N3O. The molecule has 0 radical (unpaired) electrons. The Morgan fingerprint density at radius 2 is 1.82 bits per heavy atom. The Labute approximate surface area is 129 Å². The minimum Gasteiger partial charge on any atom is -0.340 e. The number of carbonyl (C=O) groups is 1. The molecule has 0 aromatic heterocycles. The van der Waals surface area contributed by atoms with E-state index in [9.17, 15) is 18.0 Å². The van der Waals surface area contributed by atoms with Crippen molar-refractivity contribution in [1.29, 1.82) is 0 Å². The van der Waals surface area contributed by atoms with Gasteiger partial charge < -0.3 is 4.90 Å². The van der Waals surface area contributed by atoms with Crippen LogP contribution in [-0.4, -0.2) is 42.6 Å². The summed E-state index contributed by atoms with van der Waals surface area (Å²) in [6.07, 6.45) is -1.20. The molecule has 2 aliphatic carbocycles. The van der Waals surface area contributed by atoms with Gasteiger partial charge in [-0.05, 0) is 39.0 Å². The number of hydrogen-bond donors (Lipinski definition) is 1. The zero-order valence-corrected chi connectivity index (χ0v) is 13.5. The number of nitrogens with zero attached hydrogens (tertiary/aromatic N) is 2. The Bertz CT molecular complexity index is 479. The quantitative estimate of drug-likeness (QED) is 0.642. The number of halogens is 3. The largest absolute Gasteiger partial charge is 0.395 e. The molecule has 0 heterocycles. The number of amides is 1. The van der Waals surface area contributed by atoms with Gasteiger partial charge in [0.15, 0.2) is 0 Å². The monoisotopic (exact) mass is 319 g/mol. The third-order valence-corrected chi connectivity index (χ3v) is 5.58. The van der Waals surface area contributed by atoms with Crippen LogP contribution in [0.5, 0.6) is 0 Å². The topological polar surface area (TPSA) is 44.7 Å². The molecule has 0 bridgehead atoms. The van der Waals surface area contributed by atoms with E-state index in [0.717, 1.165) is 19.3 Å². The van der Waals surface area contributed by atoms with Gasteiger partial charge in [0.2, 0.25) is 11.9 Å². The van der Waals surface area contributed by atoms with Gasteiger partial charge in [0.05, 0.1) is 5.41 Å². The van der Waals surface area contributed by atoms with Gasteiger partial charge >= 0.3 is 6.18 Å². The SMILES string of the molecule is C/N=C(/NC(=O)C(C)C1(C(F)(F)F)CC1)N(C)C1(C)CCC1. The highest BCUT2D eigenvalue weighted by atomic mass is 19.4. The summed E-state index contributed by atoms with van der Waals surface area (Å²) in [5, 5.41) is 2.60. The van der Waals surface area contributed by atoms with Gasteiger partial charge in [0.1, 0.15) is 0 Å². The van der Waals surface area contributed by atoms with Crippen LogP contribution in [0.2, 0.25) is 0 Å². The van der Waals surface area contributed by atoms with E-state index in [0.29, 0.717) is 5.96 Å². The first kappa shape index (κ1) is 17.1. The highest BCUT2D eigenvalue weighted by Crippen LogP contribution is 2.62. The van der Waals surface area contributed by atoms with Crippen LogP contribution in [0.1, 0.15) is 46.0 Å². The Morgan fingerprint density at radius 3 is 2.14 bits per heavy atom. The first-order chi connectivity index (χ1) is 10.1. The minimum atomic E-state index is -4.33. The van der Waals surface area contributed by atoms with Crippen LogP contribution in [-0.2, 0) is 4.79 Å². The summed E-state index contributed by atoms with van der Waals surface area (Å²) in [6, 6.07) is 0. The second kappa shape index (κ2) is 5.42. The molecule has 0 aliphatic heterocycles. The third-order valence-electron chi connectivity index (χ3n) is 5.58. The summed E-state index contributed by atoms with van der Waals surface area (Å²) in [7, 11) is 3.36. The van der Waals surface area contributed by atoms with Crippen molar-refractivity contribution in [3.05, 3.63) is 0 Å². The lowest BCUT2D eigenvalue weighted by Crippen LogP contribution is -2.57. The number of guanidine groups is 1. The molecule has 4 nitrogen and oxygen atoms in total. The second-order valence-electron chi connectivity index (χ2n) is 6.82. The number of alkyl halides is 3. The smallest absolute Gasteiger partial charge is 0.340 e. The molecule has 1 unspecified atom stereocenters. The van der Waals surface area contributed by atoms with E-state index in [1.807, 2.05) is 11.9 Å². The Kier molecular flexibility index (Phi) is 4.21. The van der Waals surface area contributed by atoms with Crippen LogP contribution in [0.4, 0.5) is 13.2 Å². The van der Waals surface area contributed by atoms with E-state index in [-0.39, 0.29) is 18.4 Å². The Balaban J connectivity index is 2.04. The lowest BCUT2D eigenvalue weighted by atomic mass is 9.77.